The number of carbonyl (C=O) groups is 1. The third kappa shape index (κ3) is 3.89. The summed E-state index contributed by atoms with van der Waals surface area (Å²) in [7, 11) is -3.96. The van der Waals surface area contributed by atoms with Crippen LogP contribution in [0.2, 0.25) is 0 Å². The van der Waals surface area contributed by atoms with Crippen molar-refractivity contribution in [2.24, 2.45) is 0 Å². The monoisotopic (exact) mass is 365 g/mol. The number of morpholine rings is 1. The highest BCUT2D eigenvalue weighted by molar-refractivity contribution is 7.89. The van der Waals surface area contributed by atoms with Crippen molar-refractivity contribution >= 4 is 16.0 Å². The Morgan fingerprint density at radius 2 is 1.88 bits per heavy atom. The van der Waals surface area contributed by atoms with Crippen molar-refractivity contribution in [1.29, 1.82) is 0 Å². The van der Waals surface area contributed by atoms with E-state index in [4.69, 9.17) is 4.74 Å². The number of nitrogens with zero attached hydrogens (tertiary/aromatic N) is 3. The molecule has 1 N–H and O–H groups in total. The first-order chi connectivity index (χ1) is 12.0. The largest absolute Gasteiger partial charge is 0.478 e. The van der Waals surface area contributed by atoms with Crippen molar-refractivity contribution in [3.05, 3.63) is 47.7 Å². The van der Waals surface area contributed by atoms with Gasteiger partial charge < -0.3 is 9.84 Å². The van der Waals surface area contributed by atoms with Crippen molar-refractivity contribution in [2.75, 3.05) is 26.3 Å². The van der Waals surface area contributed by atoms with E-state index in [0.717, 1.165) is 5.56 Å². The van der Waals surface area contributed by atoms with Crippen molar-refractivity contribution in [2.45, 2.75) is 18.0 Å². The summed E-state index contributed by atoms with van der Waals surface area (Å²) in [5.41, 5.74) is 0.756. The summed E-state index contributed by atoms with van der Waals surface area (Å²) >= 11 is 0. The topological polar surface area (TPSA) is 102 Å². The zero-order chi connectivity index (χ0) is 17.9. The van der Waals surface area contributed by atoms with Crippen LogP contribution in [0.25, 0.3) is 0 Å². The predicted octanol–water partition coefficient (Wildman–Crippen LogP) is 0.845. The molecule has 1 aliphatic heterocycles. The fraction of sp³-hybridized carbons (Fsp3) is 0.375. The minimum absolute atomic E-state index is 0.193. The van der Waals surface area contributed by atoms with E-state index in [0.29, 0.717) is 13.0 Å². The molecule has 8 nitrogen and oxygen atoms in total. The molecule has 2 aromatic rings. The van der Waals surface area contributed by atoms with Crippen LogP contribution in [-0.4, -0.2) is 59.9 Å². The third-order valence-electron chi connectivity index (χ3n) is 3.98. The van der Waals surface area contributed by atoms with Crippen molar-refractivity contribution in [3.63, 3.8) is 0 Å². The van der Waals surface area contributed by atoms with Gasteiger partial charge in [0.15, 0.2) is 0 Å². The first kappa shape index (κ1) is 17.6. The molecule has 0 bridgehead atoms. The third-order valence-corrected chi connectivity index (χ3v) is 5.82. The number of carboxylic acids is 1. The molecule has 0 spiro atoms. The SMILES string of the molecule is O=C(O)c1cn(CCc2ccccc2)nc1S(=O)(=O)N1CCOCC1. The molecule has 2 heterocycles. The molecule has 0 radical (unpaired) electrons. The Morgan fingerprint density at radius 3 is 2.52 bits per heavy atom. The lowest BCUT2D eigenvalue weighted by molar-refractivity contribution is 0.0688. The molecule has 9 heteroatoms. The highest BCUT2D eigenvalue weighted by Crippen LogP contribution is 2.20. The van der Waals surface area contributed by atoms with Gasteiger partial charge in [0.05, 0.1) is 13.2 Å². The molecule has 25 heavy (non-hydrogen) atoms. The van der Waals surface area contributed by atoms with E-state index in [1.54, 1.807) is 0 Å². The number of hydrogen-bond donors (Lipinski definition) is 1. The second-order valence-corrected chi connectivity index (χ2v) is 7.52. The Kier molecular flexibility index (Phi) is 5.16. The zero-order valence-electron chi connectivity index (χ0n) is 13.5. The van der Waals surface area contributed by atoms with Crippen LogP contribution in [0.4, 0.5) is 0 Å². The summed E-state index contributed by atoms with van der Waals surface area (Å²) in [6, 6.07) is 9.64. The molecule has 1 aliphatic rings. The molecule has 1 aromatic carbocycles. The van der Waals surface area contributed by atoms with Crippen LogP contribution < -0.4 is 0 Å². The molecule has 1 saturated heterocycles. The molecular formula is C16H19N3O5S. The summed E-state index contributed by atoms with van der Waals surface area (Å²) in [5.74, 6) is -1.31. The Morgan fingerprint density at radius 1 is 1.20 bits per heavy atom. The van der Waals surface area contributed by atoms with E-state index in [1.165, 1.54) is 15.2 Å². The lowest BCUT2D eigenvalue weighted by atomic mass is 10.1. The lowest BCUT2D eigenvalue weighted by Crippen LogP contribution is -2.41. The normalized spacial score (nSPS) is 16.0. The molecular weight excluding hydrogens is 346 g/mol. The second-order valence-electron chi connectivity index (χ2n) is 5.67. The van der Waals surface area contributed by atoms with Crippen LogP contribution >= 0.6 is 0 Å². The highest BCUT2D eigenvalue weighted by Gasteiger charge is 2.33. The van der Waals surface area contributed by atoms with Gasteiger partial charge in [-0.05, 0) is 12.0 Å². The van der Waals surface area contributed by atoms with Crippen LogP contribution in [0.1, 0.15) is 15.9 Å². The van der Waals surface area contributed by atoms with Crippen molar-refractivity contribution in [3.8, 4) is 0 Å². The van der Waals surface area contributed by atoms with E-state index >= 15 is 0 Å². The van der Waals surface area contributed by atoms with E-state index < -0.39 is 21.0 Å². The number of aryl methyl sites for hydroxylation is 2. The number of ether oxygens (including phenoxy) is 1. The van der Waals surface area contributed by atoms with Crippen molar-refractivity contribution in [1.82, 2.24) is 14.1 Å². The number of aromatic carboxylic acids is 1. The standard InChI is InChI=1S/C16H19N3O5S/c20-16(21)14-12-18(7-6-13-4-2-1-3-5-13)17-15(14)25(22,23)19-8-10-24-11-9-19/h1-5,12H,6-11H2,(H,20,21). The van der Waals surface area contributed by atoms with Gasteiger partial charge in [-0.1, -0.05) is 30.3 Å². The van der Waals surface area contributed by atoms with E-state index in [9.17, 15) is 18.3 Å². The summed E-state index contributed by atoms with van der Waals surface area (Å²) < 4.78 is 33.2. The van der Waals surface area contributed by atoms with Crippen LogP contribution in [-0.2, 0) is 27.7 Å². The Labute approximate surface area is 145 Å². The van der Waals surface area contributed by atoms with Gasteiger partial charge in [-0.15, -0.1) is 0 Å². The number of hydrogen-bond acceptors (Lipinski definition) is 5. The van der Waals surface area contributed by atoms with Crippen LogP contribution in [0, 0.1) is 0 Å². The maximum Gasteiger partial charge on any atom is 0.340 e. The summed E-state index contributed by atoms with van der Waals surface area (Å²) in [5, 5.41) is 13.0. The molecule has 0 amide bonds. The molecule has 134 valence electrons. The van der Waals surface area contributed by atoms with Gasteiger partial charge in [-0.25, -0.2) is 13.2 Å². The highest BCUT2D eigenvalue weighted by atomic mass is 32.2. The zero-order valence-corrected chi connectivity index (χ0v) is 14.4. The fourth-order valence-corrected chi connectivity index (χ4v) is 4.15. The second kappa shape index (κ2) is 7.34. The van der Waals surface area contributed by atoms with Gasteiger partial charge >= 0.3 is 5.97 Å². The van der Waals surface area contributed by atoms with Gasteiger partial charge in [0, 0.05) is 25.8 Å². The average Bonchev–Trinajstić information content (AvgIpc) is 3.07. The number of sulfonamides is 1. The van der Waals surface area contributed by atoms with E-state index in [-0.39, 0.29) is 31.9 Å². The summed E-state index contributed by atoms with van der Waals surface area (Å²) in [6.07, 6.45) is 1.90. The van der Waals surface area contributed by atoms with Gasteiger partial charge in [-0.2, -0.15) is 9.40 Å². The molecule has 1 fully saturated rings. The Bertz CT molecular complexity index is 842. The van der Waals surface area contributed by atoms with Crippen LogP contribution in [0.15, 0.2) is 41.6 Å². The first-order valence-corrected chi connectivity index (χ1v) is 9.35. The number of carboxylic acid groups (broad SMARTS) is 1. The number of rotatable bonds is 6. The Balaban J connectivity index is 1.85. The number of benzene rings is 1. The molecule has 0 atom stereocenters. The van der Waals surface area contributed by atoms with Gasteiger partial charge in [0.2, 0.25) is 5.03 Å². The van der Waals surface area contributed by atoms with Gasteiger partial charge in [0.25, 0.3) is 10.0 Å². The Hall–Kier alpha value is -2.23. The molecule has 1 aromatic heterocycles. The minimum atomic E-state index is -3.96. The molecule has 0 unspecified atom stereocenters. The van der Waals surface area contributed by atoms with Crippen LogP contribution in [0.5, 0.6) is 0 Å². The van der Waals surface area contributed by atoms with Crippen LogP contribution in [0.3, 0.4) is 0 Å². The molecule has 0 saturated carbocycles. The van der Waals surface area contributed by atoms with E-state index in [1.807, 2.05) is 30.3 Å². The lowest BCUT2D eigenvalue weighted by Gasteiger charge is -2.25. The molecule has 3 rings (SSSR count). The van der Waals surface area contributed by atoms with E-state index in [2.05, 4.69) is 5.10 Å². The number of aromatic nitrogens is 2. The fourth-order valence-electron chi connectivity index (χ4n) is 2.65. The molecule has 0 aliphatic carbocycles. The maximum absolute atomic E-state index is 12.7. The van der Waals surface area contributed by atoms with Gasteiger partial charge in [-0.3, -0.25) is 4.68 Å². The maximum atomic E-state index is 12.7. The predicted molar refractivity (Wildman–Crippen MR) is 88.9 cm³/mol. The smallest absolute Gasteiger partial charge is 0.340 e. The average molecular weight is 365 g/mol. The minimum Gasteiger partial charge on any atom is -0.478 e. The summed E-state index contributed by atoms with van der Waals surface area (Å²) in [6.45, 7) is 1.35. The van der Waals surface area contributed by atoms with Gasteiger partial charge in [0.1, 0.15) is 5.56 Å². The van der Waals surface area contributed by atoms with Crippen molar-refractivity contribution < 1.29 is 23.1 Å². The first-order valence-electron chi connectivity index (χ1n) is 7.91. The quantitative estimate of drug-likeness (QED) is 0.814. The summed E-state index contributed by atoms with van der Waals surface area (Å²) in [4.78, 5) is 11.5.